The predicted molar refractivity (Wildman–Crippen MR) is 345 cm³/mol. The average molecular weight is 1120 g/mol. The van der Waals surface area contributed by atoms with E-state index in [4.69, 9.17) is 0 Å². The van der Waals surface area contributed by atoms with Crippen molar-refractivity contribution in [2.45, 2.75) is 24.7 Å². The van der Waals surface area contributed by atoms with Gasteiger partial charge >= 0.3 is 0 Å². The van der Waals surface area contributed by atoms with Crippen molar-refractivity contribution in [3.8, 4) is 33.4 Å². The van der Waals surface area contributed by atoms with E-state index in [2.05, 4.69) is 207 Å². The third kappa shape index (κ3) is 8.62. The van der Waals surface area contributed by atoms with Gasteiger partial charge in [-0.3, -0.25) is 0 Å². The van der Waals surface area contributed by atoms with Crippen molar-refractivity contribution in [3.05, 3.63) is 370 Å². The minimum absolute atomic E-state index is 0.314. The summed E-state index contributed by atoms with van der Waals surface area (Å²) in [4.78, 5) is 4.37. The Morgan fingerprint density at radius 1 is 0.302 bits per heavy atom. The second-order valence-electron chi connectivity index (χ2n) is 22.3. The van der Waals surface area contributed by atoms with Gasteiger partial charge in [0.1, 0.15) is 23.3 Å². The van der Waals surface area contributed by atoms with Crippen LogP contribution in [-0.2, 0) is 10.8 Å². The van der Waals surface area contributed by atoms with Crippen LogP contribution in [0.25, 0.3) is 45.5 Å². The highest BCUT2D eigenvalue weighted by Crippen LogP contribution is 2.59. The number of benzene rings is 12. The van der Waals surface area contributed by atoms with Gasteiger partial charge in [-0.25, -0.2) is 17.6 Å². The Labute approximate surface area is 499 Å². The van der Waals surface area contributed by atoms with Crippen molar-refractivity contribution in [3.63, 3.8) is 0 Å². The molecular weight excluding hydrogens is 1060 g/mol. The summed E-state index contributed by atoms with van der Waals surface area (Å²) in [5.41, 5.74) is 21.9. The second kappa shape index (κ2) is 21.3. The maximum Gasteiger partial charge on any atom is 0.123 e. The van der Waals surface area contributed by atoms with Crippen molar-refractivity contribution >= 4 is 46.3 Å². The number of halogens is 4. The number of anilines is 6. The quantitative estimate of drug-likeness (QED) is 0.106. The zero-order valence-corrected chi connectivity index (χ0v) is 47.4. The third-order valence-corrected chi connectivity index (χ3v) is 17.7. The van der Waals surface area contributed by atoms with E-state index in [1.54, 1.807) is 0 Å². The fraction of sp³-hybridized carbons (Fsp3) is 0.0500. The van der Waals surface area contributed by atoms with Crippen LogP contribution in [0.4, 0.5) is 51.7 Å². The van der Waals surface area contributed by atoms with E-state index in [1.165, 1.54) is 48.5 Å². The van der Waals surface area contributed by atoms with Gasteiger partial charge in [-0.15, -0.1) is 0 Å². The van der Waals surface area contributed by atoms with E-state index in [0.717, 1.165) is 134 Å². The van der Waals surface area contributed by atoms with Crippen LogP contribution in [0.2, 0.25) is 0 Å². The smallest absolute Gasteiger partial charge is 0.123 e. The van der Waals surface area contributed by atoms with E-state index >= 15 is 0 Å². The molecule has 6 heteroatoms. The van der Waals surface area contributed by atoms with Gasteiger partial charge in [0, 0.05) is 34.1 Å². The van der Waals surface area contributed by atoms with E-state index in [-0.39, 0.29) is 23.3 Å². The maximum atomic E-state index is 14.9. The van der Waals surface area contributed by atoms with Gasteiger partial charge in [-0.2, -0.15) is 0 Å². The number of aryl methyl sites for hydroxylation is 2. The normalized spacial score (nSPS) is 15.3. The zero-order chi connectivity index (χ0) is 58.8. The van der Waals surface area contributed by atoms with Gasteiger partial charge in [-0.1, -0.05) is 171 Å². The Morgan fingerprint density at radius 2 is 0.605 bits per heavy atom. The minimum Gasteiger partial charge on any atom is -0.310 e. The van der Waals surface area contributed by atoms with E-state index in [0.29, 0.717) is 0 Å². The first-order valence-corrected chi connectivity index (χ1v) is 28.8. The highest BCUT2D eigenvalue weighted by atomic mass is 19.1. The summed E-state index contributed by atoms with van der Waals surface area (Å²) in [6.45, 7) is 12.3. The lowest BCUT2D eigenvalue weighted by atomic mass is 9.67. The molecule has 14 rings (SSSR count). The Bertz CT molecular complexity index is 4310. The summed E-state index contributed by atoms with van der Waals surface area (Å²) in [6, 6.07) is 86.7. The van der Waals surface area contributed by atoms with Crippen LogP contribution in [-0.4, -0.2) is 0 Å². The van der Waals surface area contributed by atoms with Gasteiger partial charge in [0.05, 0.1) is 10.8 Å². The molecule has 414 valence electrons. The zero-order valence-electron chi connectivity index (χ0n) is 47.4. The number of fused-ring (bicyclic) bond motifs is 6. The predicted octanol–water partition coefficient (Wildman–Crippen LogP) is 21.5. The molecule has 0 saturated carbocycles. The molecule has 2 aliphatic rings. The third-order valence-electron chi connectivity index (χ3n) is 17.7. The summed E-state index contributed by atoms with van der Waals surface area (Å²) in [5, 5.41) is 0. The molecule has 0 spiro atoms. The minimum atomic E-state index is -0.821. The molecule has 0 amide bonds. The molecule has 0 bridgehead atoms. The van der Waals surface area contributed by atoms with Gasteiger partial charge in [0.2, 0.25) is 0 Å². The van der Waals surface area contributed by atoms with Gasteiger partial charge in [0.25, 0.3) is 0 Å². The first-order chi connectivity index (χ1) is 42.0. The highest BCUT2D eigenvalue weighted by molar-refractivity contribution is 5.92. The van der Waals surface area contributed by atoms with E-state index in [9.17, 15) is 17.6 Å². The molecule has 12 aromatic rings. The van der Waals surface area contributed by atoms with Gasteiger partial charge in [0.15, 0.2) is 0 Å². The molecule has 0 radical (unpaired) electrons. The van der Waals surface area contributed by atoms with Crippen LogP contribution >= 0.6 is 0 Å². The Hall–Kier alpha value is -10.6. The standard InChI is InChI=1S/C80H56F4N2/c1-5-53-15-21-57(22-16-53)79(59-25-29-61(81)30-26-59)73-13-9-7-11-69(73)71-43-41-67(49-75(71)79)85(65-37-33-63(83)34-38-65)77-45-19-55(47-51(77)3)56-20-46-78(52(4)48-56)86(66-39-35-64(84)36-40-66)68-42-44-72-70-12-8-10-14-74(70)80(76(72)50-68,60-27-31-62(82)32-28-60)58-23-17-54(6-2)18-24-58/h5-50H,1-2H2,3-4H3. The molecule has 2 aliphatic carbocycles. The molecule has 0 N–H and O–H groups in total. The first kappa shape index (κ1) is 53.4. The number of hydrogen-bond donors (Lipinski definition) is 0. The lowest BCUT2D eigenvalue weighted by Crippen LogP contribution is -2.29. The first-order valence-electron chi connectivity index (χ1n) is 28.8. The molecule has 0 aromatic heterocycles. The Balaban J connectivity index is 0.881. The summed E-state index contributed by atoms with van der Waals surface area (Å²) in [7, 11) is 0. The molecule has 12 aromatic carbocycles. The number of nitrogens with zero attached hydrogens (tertiary/aromatic N) is 2. The van der Waals surface area contributed by atoms with Crippen LogP contribution < -0.4 is 9.80 Å². The lowest BCUT2D eigenvalue weighted by molar-refractivity contribution is 0.624. The van der Waals surface area contributed by atoms with E-state index in [1.807, 2.05) is 60.7 Å². The van der Waals surface area contributed by atoms with Crippen molar-refractivity contribution in [1.82, 2.24) is 0 Å². The molecule has 0 heterocycles. The Kier molecular flexibility index (Phi) is 13.2. The largest absolute Gasteiger partial charge is 0.310 e. The molecule has 0 saturated heterocycles. The van der Waals surface area contributed by atoms with Crippen LogP contribution in [0.1, 0.15) is 66.8 Å². The fourth-order valence-corrected chi connectivity index (χ4v) is 13.7. The topological polar surface area (TPSA) is 6.48 Å². The van der Waals surface area contributed by atoms with Crippen LogP contribution in [0, 0.1) is 37.1 Å². The summed E-state index contributed by atoms with van der Waals surface area (Å²) >= 11 is 0. The summed E-state index contributed by atoms with van der Waals surface area (Å²) in [5.74, 6) is -1.30. The number of hydrogen-bond acceptors (Lipinski definition) is 2. The average Bonchev–Trinajstić information content (AvgIpc) is 1.54. The molecule has 0 aliphatic heterocycles. The van der Waals surface area contributed by atoms with Crippen molar-refractivity contribution in [2.75, 3.05) is 9.80 Å². The molecule has 2 unspecified atom stereocenters. The molecule has 0 fully saturated rings. The second-order valence-corrected chi connectivity index (χ2v) is 22.3. The van der Waals surface area contributed by atoms with Gasteiger partial charge < -0.3 is 9.80 Å². The van der Waals surface area contributed by atoms with E-state index < -0.39 is 10.8 Å². The fourth-order valence-electron chi connectivity index (χ4n) is 13.7. The molecule has 2 atom stereocenters. The highest BCUT2D eigenvalue weighted by Gasteiger charge is 2.48. The van der Waals surface area contributed by atoms with Crippen molar-refractivity contribution in [1.29, 1.82) is 0 Å². The SMILES string of the molecule is C=Cc1ccc(C2(c3ccc(F)cc3)c3ccccc3-c3ccc(N(c4ccc(F)cc4)c4ccc(-c5ccc(N(c6ccc(F)cc6)c6ccc7c(c6)C(c6ccc(F)cc6)(c6ccc(C=C)cc6)c6ccccc6-7)c(C)c5)cc4C)cc32)cc1. The monoisotopic (exact) mass is 1120 g/mol. The maximum absolute atomic E-state index is 14.9. The summed E-state index contributed by atoms with van der Waals surface area (Å²) in [6.07, 6.45) is 3.67. The van der Waals surface area contributed by atoms with Crippen LogP contribution in [0.3, 0.4) is 0 Å². The summed E-state index contributed by atoms with van der Waals surface area (Å²) < 4.78 is 59.6. The molecule has 2 nitrogen and oxygen atoms in total. The number of rotatable bonds is 13. The van der Waals surface area contributed by atoms with Crippen LogP contribution in [0.15, 0.2) is 280 Å². The molecule has 86 heavy (non-hydrogen) atoms. The Morgan fingerprint density at radius 3 is 0.942 bits per heavy atom. The van der Waals surface area contributed by atoms with Crippen molar-refractivity contribution in [2.24, 2.45) is 0 Å². The van der Waals surface area contributed by atoms with Gasteiger partial charge in [-0.05, 0) is 235 Å². The van der Waals surface area contributed by atoms with Crippen molar-refractivity contribution < 1.29 is 17.6 Å². The van der Waals surface area contributed by atoms with Crippen LogP contribution in [0.5, 0.6) is 0 Å². The lowest BCUT2D eigenvalue weighted by Gasteiger charge is -2.35. The molecular formula is C80H56F4N2.